The van der Waals surface area contributed by atoms with Gasteiger partial charge in [0.05, 0.1) is 30.6 Å². The van der Waals surface area contributed by atoms with Crippen molar-refractivity contribution in [3.05, 3.63) is 60.4 Å². The third kappa shape index (κ3) is 4.34. The number of ether oxygens (including phenoxy) is 1. The van der Waals surface area contributed by atoms with Gasteiger partial charge in [-0.05, 0) is 38.1 Å². The van der Waals surface area contributed by atoms with Crippen LogP contribution in [0.5, 0.6) is 5.75 Å². The van der Waals surface area contributed by atoms with Crippen LogP contribution in [0.25, 0.3) is 27.6 Å². The summed E-state index contributed by atoms with van der Waals surface area (Å²) in [4.78, 5) is 25.0. The van der Waals surface area contributed by atoms with Crippen LogP contribution in [0.4, 0.5) is 10.6 Å². The van der Waals surface area contributed by atoms with Crippen molar-refractivity contribution in [2.45, 2.75) is 26.5 Å². The number of hydrogen-bond donors (Lipinski definition) is 3. The topological polar surface area (TPSA) is 153 Å². The summed E-state index contributed by atoms with van der Waals surface area (Å²) in [6.07, 6.45) is 4.89. The van der Waals surface area contributed by atoms with Crippen molar-refractivity contribution >= 4 is 33.8 Å². The van der Waals surface area contributed by atoms with Gasteiger partial charge in [0.25, 0.3) is 0 Å². The SMILES string of the molecule is Cc1cc2nc(NC(=O)O)c(OC(C)c3nc4c(cnn4CCO)cc3-n3cccn3)cc2cn1. The number of aliphatic hydroxyl groups excluding tert-OH is 1. The molecule has 0 fully saturated rings. The molecule has 0 spiro atoms. The molecule has 1 unspecified atom stereocenters. The fourth-order valence-electron chi connectivity index (χ4n) is 3.84. The van der Waals surface area contributed by atoms with E-state index in [1.165, 1.54) is 0 Å². The Labute approximate surface area is 198 Å². The van der Waals surface area contributed by atoms with Crippen molar-refractivity contribution in [2.75, 3.05) is 11.9 Å². The Morgan fingerprint density at radius 3 is 2.77 bits per heavy atom. The number of aromatic nitrogens is 7. The van der Waals surface area contributed by atoms with Crippen molar-refractivity contribution in [1.29, 1.82) is 0 Å². The van der Waals surface area contributed by atoms with Gasteiger partial charge in [-0.1, -0.05) is 0 Å². The molecule has 0 bridgehead atoms. The molecule has 3 N–H and O–H groups in total. The van der Waals surface area contributed by atoms with Crippen molar-refractivity contribution in [3.8, 4) is 11.4 Å². The number of carboxylic acid groups (broad SMARTS) is 1. The molecule has 1 amide bonds. The number of pyridine rings is 3. The Kier molecular flexibility index (Phi) is 5.71. The lowest BCUT2D eigenvalue weighted by atomic mass is 10.1. The first-order valence-corrected chi connectivity index (χ1v) is 10.8. The monoisotopic (exact) mass is 474 g/mol. The van der Waals surface area contributed by atoms with Gasteiger partial charge in [0.1, 0.15) is 11.8 Å². The molecule has 0 saturated carbocycles. The number of nitrogens with zero attached hydrogens (tertiary/aromatic N) is 7. The number of hydrogen-bond acceptors (Lipinski definition) is 8. The highest BCUT2D eigenvalue weighted by molar-refractivity contribution is 5.89. The number of rotatable bonds is 7. The van der Waals surface area contributed by atoms with E-state index >= 15 is 0 Å². The highest BCUT2D eigenvalue weighted by Crippen LogP contribution is 2.33. The van der Waals surface area contributed by atoms with E-state index in [1.54, 1.807) is 59.3 Å². The summed E-state index contributed by atoms with van der Waals surface area (Å²) in [5, 5.41) is 31.2. The fraction of sp³-hybridized carbons (Fsp3) is 0.217. The van der Waals surface area contributed by atoms with Crippen LogP contribution in [0.1, 0.15) is 24.4 Å². The normalized spacial score (nSPS) is 12.2. The number of carbonyl (C=O) groups is 1. The fourth-order valence-corrected chi connectivity index (χ4v) is 3.84. The van der Waals surface area contributed by atoms with Crippen molar-refractivity contribution < 1.29 is 19.7 Å². The van der Waals surface area contributed by atoms with Gasteiger partial charge in [-0.3, -0.25) is 10.3 Å². The van der Waals surface area contributed by atoms with E-state index in [-0.39, 0.29) is 18.2 Å². The van der Waals surface area contributed by atoms with Crippen LogP contribution in [0.15, 0.2) is 49.1 Å². The van der Waals surface area contributed by atoms with Crippen LogP contribution in [-0.2, 0) is 6.54 Å². The Bertz CT molecular complexity index is 1530. The lowest BCUT2D eigenvalue weighted by molar-refractivity contribution is 0.207. The van der Waals surface area contributed by atoms with E-state index < -0.39 is 12.2 Å². The molecule has 0 saturated heterocycles. The van der Waals surface area contributed by atoms with Gasteiger partial charge in [0.15, 0.2) is 17.2 Å². The molecule has 0 aliphatic carbocycles. The first-order valence-electron chi connectivity index (χ1n) is 10.8. The van der Waals surface area contributed by atoms with Crippen LogP contribution in [0.3, 0.4) is 0 Å². The predicted molar refractivity (Wildman–Crippen MR) is 127 cm³/mol. The minimum absolute atomic E-state index is 0.0643. The quantitative estimate of drug-likeness (QED) is 0.323. The van der Waals surface area contributed by atoms with E-state index in [0.29, 0.717) is 34.5 Å². The molecular weight excluding hydrogens is 452 g/mol. The van der Waals surface area contributed by atoms with E-state index in [4.69, 9.17) is 9.72 Å². The van der Waals surface area contributed by atoms with Crippen LogP contribution in [-0.4, -0.2) is 57.4 Å². The van der Waals surface area contributed by atoms with Crippen LogP contribution >= 0.6 is 0 Å². The van der Waals surface area contributed by atoms with Gasteiger partial charge >= 0.3 is 6.09 Å². The molecule has 5 aromatic heterocycles. The van der Waals surface area contributed by atoms with Gasteiger partial charge in [-0.25, -0.2) is 24.1 Å². The second-order valence-corrected chi connectivity index (χ2v) is 7.89. The maximum absolute atomic E-state index is 11.4. The summed E-state index contributed by atoms with van der Waals surface area (Å²) < 4.78 is 9.52. The molecule has 0 radical (unpaired) electrons. The molecular formula is C23H22N8O4. The lowest BCUT2D eigenvalue weighted by Gasteiger charge is -2.20. The number of amides is 1. The summed E-state index contributed by atoms with van der Waals surface area (Å²) >= 11 is 0. The maximum Gasteiger partial charge on any atom is 0.410 e. The standard InChI is InChI=1S/C23H22N8O4/c1-13-8-17-15(11-24-13)10-19(21(27-17)29-23(33)34)35-14(2)20-18(30-5-3-4-25-30)9-16-12-26-31(6-7-32)22(16)28-20/h3-5,8-12,14,32H,6-7H2,1-2H3,(H,27,29)(H,33,34). The Balaban J connectivity index is 1.61. The molecule has 12 nitrogen and oxygen atoms in total. The summed E-state index contributed by atoms with van der Waals surface area (Å²) in [7, 11) is 0. The molecule has 178 valence electrons. The van der Waals surface area contributed by atoms with Gasteiger partial charge in [0, 0.05) is 35.1 Å². The smallest absolute Gasteiger partial charge is 0.410 e. The second kappa shape index (κ2) is 8.99. The maximum atomic E-state index is 11.4. The Hall–Kier alpha value is -4.58. The molecule has 0 aromatic carbocycles. The summed E-state index contributed by atoms with van der Waals surface area (Å²) in [5.41, 5.74) is 3.15. The first-order chi connectivity index (χ1) is 16.9. The first kappa shape index (κ1) is 22.2. The second-order valence-electron chi connectivity index (χ2n) is 7.89. The van der Waals surface area contributed by atoms with Crippen molar-refractivity contribution in [2.24, 2.45) is 0 Å². The van der Waals surface area contributed by atoms with Crippen LogP contribution in [0, 0.1) is 6.92 Å². The number of aliphatic hydroxyl groups is 1. The van der Waals surface area contributed by atoms with Crippen molar-refractivity contribution in [3.63, 3.8) is 0 Å². The number of nitrogens with one attached hydrogen (secondary N) is 1. The van der Waals surface area contributed by atoms with Crippen LogP contribution in [0.2, 0.25) is 0 Å². The molecule has 35 heavy (non-hydrogen) atoms. The average Bonchev–Trinajstić information content (AvgIpc) is 3.49. The van der Waals surface area contributed by atoms with E-state index in [2.05, 4.69) is 25.5 Å². The zero-order valence-electron chi connectivity index (χ0n) is 19.0. The minimum atomic E-state index is -1.26. The molecule has 0 aliphatic heterocycles. The highest BCUT2D eigenvalue weighted by Gasteiger charge is 2.22. The highest BCUT2D eigenvalue weighted by atomic mass is 16.5. The third-order valence-corrected chi connectivity index (χ3v) is 5.40. The number of fused-ring (bicyclic) bond motifs is 2. The minimum Gasteiger partial charge on any atom is -0.480 e. The zero-order chi connectivity index (χ0) is 24.5. The molecule has 5 aromatic rings. The van der Waals surface area contributed by atoms with Gasteiger partial charge < -0.3 is 14.9 Å². The molecule has 1 atom stereocenters. The average molecular weight is 474 g/mol. The molecule has 5 rings (SSSR count). The Morgan fingerprint density at radius 2 is 2.03 bits per heavy atom. The zero-order valence-corrected chi connectivity index (χ0v) is 19.0. The lowest BCUT2D eigenvalue weighted by Crippen LogP contribution is -2.15. The largest absolute Gasteiger partial charge is 0.480 e. The molecule has 0 aliphatic rings. The van der Waals surface area contributed by atoms with Gasteiger partial charge in [0.2, 0.25) is 0 Å². The predicted octanol–water partition coefficient (Wildman–Crippen LogP) is 3.09. The van der Waals surface area contributed by atoms with E-state index in [1.807, 2.05) is 13.0 Å². The van der Waals surface area contributed by atoms with Gasteiger partial charge in [-0.2, -0.15) is 10.2 Å². The summed E-state index contributed by atoms with van der Waals surface area (Å²) in [6, 6.07) is 7.15. The summed E-state index contributed by atoms with van der Waals surface area (Å²) in [6.45, 7) is 3.84. The summed E-state index contributed by atoms with van der Waals surface area (Å²) in [5.74, 6) is 0.296. The molecule has 5 heterocycles. The van der Waals surface area contributed by atoms with Gasteiger partial charge in [-0.15, -0.1) is 0 Å². The van der Waals surface area contributed by atoms with E-state index in [9.17, 15) is 15.0 Å². The Morgan fingerprint density at radius 1 is 1.17 bits per heavy atom. The third-order valence-electron chi connectivity index (χ3n) is 5.40. The van der Waals surface area contributed by atoms with Crippen LogP contribution < -0.4 is 10.1 Å². The number of aryl methyl sites for hydroxylation is 1. The van der Waals surface area contributed by atoms with Crippen molar-refractivity contribution in [1.82, 2.24) is 34.5 Å². The van der Waals surface area contributed by atoms with E-state index in [0.717, 1.165) is 11.1 Å². The molecule has 12 heteroatoms. The number of anilines is 1.